The molecule has 0 atom stereocenters. The molecule has 7 nitrogen and oxygen atoms in total. The van der Waals surface area contributed by atoms with Crippen LogP contribution in [0.5, 0.6) is 5.75 Å². The molecular weight excluding hydrogens is 434 g/mol. The first-order valence-electron chi connectivity index (χ1n) is 11.5. The van der Waals surface area contributed by atoms with E-state index in [1.165, 1.54) is 35.9 Å². The summed E-state index contributed by atoms with van der Waals surface area (Å²) in [4.78, 5) is 17.2. The second kappa shape index (κ2) is 9.87. The fourth-order valence-electron chi connectivity index (χ4n) is 4.19. The van der Waals surface area contributed by atoms with E-state index in [1.54, 1.807) is 7.11 Å². The van der Waals surface area contributed by atoms with Crippen molar-refractivity contribution in [2.75, 3.05) is 43.9 Å². The topological polar surface area (TPSA) is 63.5 Å². The van der Waals surface area contributed by atoms with Crippen molar-refractivity contribution in [3.63, 3.8) is 0 Å². The van der Waals surface area contributed by atoms with Gasteiger partial charge in [0.15, 0.2) is 5.16 Å². The highest BCUT2D eigenvalue weighted by atomic mass is 32.2. The van der Waals surface area contributed by atoms with Crippen molar-refractivity contribution in [1.82, 2.24) is 19.7 Å². The van der Waals surface area contributed by atoms with Gasteiger partial charge in [0.1, 0.15) is 11.6 Å². The summed E-state index contributed by atoms with van der Waals surface area (Å²) in [5.41, 5.74) is 2.39. The van der Waals surface area contributed by atoms with Crippen LogP contribution < -0.4 is 9.64 Å². The lowest BCUT2D eigenvalue weighted by Crippen LogP contribution is -2.49. The standard InChI is InChI=1S/C25H29N5O2S/c1-32-22-11-9-21(10-12-22)28-13-15-29(16-14-28)23(31)18-33-25-27-26-24(20-7-8-20)30(25)17-19-5-3-2-4-6-19/h2-6,9-12,20H,7-8,13-18H2,1H3. The van der Waals surface area contributed by atoms with Gasteiger partial charge in [0, 0.05) is 37.8 Å². The minimum absolute atomic E-state index is 0.164. The van der Waals surface area contributed by atoms with E-state index in [1.807, 2.05) is 23.1 Å². The van der Waals surface area contributed by atoms with Crippen LogP contribution in [0.25, 0.3) is 0 Å². The third kappa shape index (κ3) is 5.16. The van der Waals surface area contributed by atoms with Gasteiger partial charge in [-0.1, -0.05) is 42.1 Å². The van der Waals surface area contributed by atoms with E-state index in [9.17, 15) is 4.79 Å². The van der Waals surface area contributed by atoms with Gasteiger partial charge in [0.2, 0.25) is 5.91 Å². The van der Waals surface area contributed by atoms with Crippen LogP contribution in [0.15, 0.2) is 59.8 Å². The summed E-state index contributed by atoms with van der Waals surface area (Å²) in [6, 6.07) is 18.5. The average molecular weight is 464 g/mol. The Bertz CT molecular complexity index is 1070. The molecular formula is C25H29N5O2S. The molecule has 1 amide bonds. The predicted molar refractivity (Wildman–Crippen MR) is 130 cm³/mol. The van der Waals surface area contributed by atoms with E-state index in [0.717, 1.165) is 49.5 Å². The first kappa shape index (κ1) is 21.8. The fraction of sp³-hybridized carbons (Fsp3) is 0.400. The number of ether oxygens (including phenoxy) is 1. The number of methoxy groups -OCH3 is 1. The van der Waals surface area contributed by atoms with Gasteiger partial charge in [-0.2, -0.15) is 0 Å². The summed E-state index contributed by atoms with van der Waals surface area (Å²) in [5, 5.41) is 9.75. The highest BCUT2D eigenvalue weighted by molar-refractivity contribution is 7.99. The molecule has 2 aliphatic rings. The molecule has 0 bridgehead atoms. The fourth-order valence-corrected chi connectivity index (χ4v) is 5.04. The van der Waals surface area contributed by atoms with Crippen LogP contribution in [0.1, 0.15) is 30.1 Å². The molecule has 33 heavy (non-hydrogen) atoms. The van der Waals surface area contributed by atoms with Gasteiger partial charge < -0.3 is 19.1 Å². The van der Waals surface area contributed by atoms with E-state index in [2.05, 4.69) is 56.1 Å². The zero-order chi connectivity index (χ0) is 22.6. The molecule has 1 saturated heterocycles. The molecule has 5 rings (SSSR count). The Morgan fingerprint density at radius 2 is 1.73 bits per heavy atom. The molecule has 2 fully saturated rings. The zero-order valence-electron chi connectivity index (χ0n) is 18.9. The maximum absolute atomic E-state index is 12.9. The normalized spacial score (nSPS) is 16.2. The Morgan fingerprint density at radius 1 is 1.00 bits per heavy atom. The summed E-state index contributed by atoms with van der Waals surface area (Å²) in [5.74, 6) is 2.98. The lowest BCUT2D eigenvalue weighted by Gasteiger charge is -2.36. The summed E-state index contributed by atoms with van der Waals surface area (Å²) >= 11 is 1.51. The molecule has 0 spiro atoms. The van der Waals surface area contributed by atoms with Crippen molar-refractivity contribution in [2.45, 2.75) is 30.5 Å². The largest absolute Gasteiger partial charge is 0.497 e. The quantitative estimate of drug-likeness (QED) is 0.475. The van der Waals surface area contributed by atoms with Crippen molar-refractivity contribution in [3.05, 3.63) is 66.0 Å². The molecule has 1 aliphatic carbocycles. The third-order valence-corrected chi connectivity index (χ3v) is 7.22. The summed E-state index contributed by atoms with van der Waals surface area (Å²) in [7, 11) is 1.67. The lowest BCUT2D eigenvalue weighted by atomic mass is 10.2. The molecule has 2 heterocycles. The van der Waals surface area contributed by atoms with Crippen LogP contribution in [-0.2, 0) is 11.3 Å². The van der Waals surface area contributed by atoms with Crippen LogP contribution in [-0.4, -0.2) is 64.6 Å². The van der Waals surface area contributed by atoms with Gasteiger partial charge in [-0.3, -0.25) is 4.79 Å². The number of anilines is 1. The maximum Gasteiger partial charge on any atom is 0.233 e. The van der Waals surface area contributed by atoms with E-state index < -0.39 is 0 Å². The molecule has 0 N–H and O–H groups in total. The van der Waals surface area contributed by atoms with Gasteiger partial charge >= 0.3 is 0 Å². The number of carbonyl (C=O) groups excluding carboxylic acids is 1. The minimum Gasteiger partial charge on any atom is -0.497 e. The number of thioether (sulfide) groups is 1. The number of aromatic nitrogens is 3. The first-order chi connectivity index (χ1) is 16.2. The van der Waals surface area contributed by atoms with Gasteiger partial charge in [-0.05, 0) is 42.7 Å². The van der Waals surface area contributed by atoms with Crippen LogP contribution >= 0.6 is 11.8 Å². The second-order valence-electron chi connectivity index (χ2n) is 8.54. The smallest absolute Gasteiger partial charge is 0.233 e. The van der Waals surface area contributed by atoms with Crippen molar-refractivity contribution in [2.24, 2.45) is 0 Å². The molecule has 0 unspecified atom stereocenters. The van der Waals surface area contributed by atoms with Crippen LogP contribution in [0.3, 0.4) is 0 Å². The van der Waals surface area contributed by atoms with Crippen LogP contribution in [0.2, 0.25) is 0 Å². The van der Waals surface area contributed by atoms with Crippen molar-refractivity contribution in [1.29, 1.82) is 0 Å². The Balaban J connectivity index is 1.18. The average Bonchev–Trinajstić information content (AvgIpc) is 3.64. The SMILES string of the molecule is COc1ccc(N2CCN(C(=O)CSc3nnc(C4CC4)n3Cc3ccccc3)CC2)cc1. The zero-order valence-corrected chi connectivity index (χ0v) is 19.7. The highest BCUT2D eigenvalue weighted by Gasteiger charge is 2.31. The summed E-state index contributed by atoms with van der Waals surface area (Å²) < 4.78 is 7.44. The molecule has 0 radical (unpaired) electrons. The molecule has 1 aromatic heterocycles. The van der Waals surface area contributed by atoms with E-state index >= 15 is 0 Å². The maximum atomic E-state index is 12.9. The number of nitrogens with zero attached hydrogens (tertiary/aromatic N) is 5. The Labute approximate surface area is 198 Å². The van der Waals surface area contributed by atoms with Gasteiger partial charge in [-0.25, -0.2) is 0 Å². The number of rotatable bonds is 8. The summed E-state index contributed by atoms with van der Waals surface area (Å²) in [6.45, 7) is 3.87. The summed E-state index contributed by atoms with van der Waals surface area (Å²) in [6.07, 6.45) is 2.35. The Morgan fingerprint density at radius 3 is 2.39 bits per heavy atom. The van der Waals surface area contributed by atoms with Crippen LogP contribution in [0, 0.1) is 0 Å². The number of benzene rings is 2. The number of hydrogen-bond donors (Lipinski definition) is 0. The lowest BCUT2D eigenvalue weighted by molar-refractivity contribution is -0.128. The van der Waals surface area contributed by atoms with Gasteiger partial charge in [0.05, 0.1) is 19.4 Å². The molecule has 2 aromatic carbocycles. The van der Waals surface area contributed by atoms with Crippen molar-refractivity contribution >= 4 is 23.4 Å². The number of carbonyl (C=O) groups is 1. The van der Waals surface area contributed by atoms with Crippen molar-refractivity contribution < 1.29 is 9.53 Å². The number of amides is 1. The van der Waals surface area contributed by atoms with E-state index in [0.29, 0.717) is 11.7 Å². The Hall–Kier alpha value is -3.00. The van der Waals surface area contributed by atoms with E-state index in [4.69, 9.17) is 4.74 Å². The molecule has 8 heteroatoms. The van der Waals surface area contributed by atoms with Crippen molar-refractivity contribution in [3.8, 4) is 5.75 Å². The van der Waals surface area contributed by atoms with Gasteiger partial charge in [-0.15, -0.1) is 10.2 Å². The van der Waals surface area contributed by atoms with E-state index in [-0.39, 0.29) is 5.91 Å². The monoisotopic (exact) mass is 463 g/mol. The Kier molecular flexibility index (Phi) is 6.53. The molecule has 3 aromatic rings. The third-order valence-electron chi connectivity index (χ3n) is 6.27. The predicted octanol–water partition coefficient (Wildman–Crippen LogP) is 3.65. The molecule has 1 saturated carbocycles. The highest BCUT2D eigenvalue weighted by Crippen LogP contribution is 2.40. The van der Waals surface area contributed by atoms with Crippen LogP contribution in [0.4, 0.5) is 5.69 Å². The molecule has 172 valence electrons. The van der Waals surface area contributed by atoms with Gasteiger partial charge in [0.25, 0.3) is 0 Å². The number of piperazine rings is 1. The first-order valence-corrected chi connectivity index (χ1v) is 12.5. The molecule has 1 aliphatic heterocycles. The second-order valence-corrected chi connectivity index (χ2v) is 9.48. The number of hydrogen-bond acceptors (Lipinski definition) is 6. The minimum atomic E-state index is 0.164.